The predicted molar refractivity (Wildman–Crippen MR) is 62.6 cm³/mol. The summed E-state index contributed by atoms with van der Waals surface area (Å²) in [5.41, 5.74) is 9.24. The van der Waals surface area contributed by atoms with Crippen molar-refractivity contribution in [3.8, 4) is 11.1 Å². The quantitative estimate of drug-likeness (QED) is 0.546. The van der Waals surface area contributed by atoms with E-state index < -0.39 is 0 Å². The summed E-state index contributed by atoms with van der Waals surface area (Å²) in [4.78, 5) is 3.35. The molecular formula is C13H10N2. The molecule has 0 amide bonds. The van der Waals surface area contributed by atoms with Crippen LogP contribution in [0.3, 0.4) is 0 Å². The van der Waals surface area contributed by atoms with E-state index in [0.717, 1.165) is 16.8 Å². The van der Waals surface area contributed by atoms with Crippen molar-refractivity contribution in [2.75, 3.05) is 5.73 Å². The Hall–Kier alpha value is -2.27. The van der Waals surface area contributed by atoms with Crippen molar-refractivity contribution in [1.82, 2.24) is 0 Å². The lowest BCUT2D eigenvalue weighted by atomic mass is 10.1. The molecule has 0 saturated carbocycles. The monoisotopic (exact) mass is 194 g/mol. The molecule has 72 valence electrons. The molecule has 0 heterocycles. The lowest BCUT2D eigenvalue weighted by molar-refractivity contribution is 1.62. The van der Waals surface area contributed by atoms with E-state index in [1.54, 1.807) is 0 Å². The van der Waals surface area contributed by atoms with E-state index in [0.29, 0.717) is 5.69 Å². The Kier molecular flexibility index (Phi) is 2.38. The number of anilines is 1. The minimum absolute atomic E-state index is 0.661. The molecule has 0 radical (unpaired) electrons. The number of nitrogens with two attached hydrogens (primary N) is 1. The molecule has 2 aromatic rings. The van der Waals surface area contributed by atoms with Crippen molar-refractivity contribution < 1.29 is 0 Å². The highest BCUT2D eigenvalue weighted by molar-refractivity contribution is 5.67. The summed E-state index contributed by atoms with van der Waals surface area (Å²) in [6.07, 6.45) is 0. The van der Waals surface area contributed by atoms with Gasteiger partial charge < -0.3 is 5.73 Å². The Balaban J connectivity index is 2.38. The maximum atomic E-state index is 6.86. The van der Waals surface area contributed by atoms with Gasteiger partial charge in [-0.3, -0.25) is 0 Å². The summed E-state index contributed by atoms with van der Waals surface area (Å²) in [7, 11) is 0. The lowest BCUT2D eigenvalue weighted by Crippen LogP contribution is -1.83. The first-order valence-corrected chi connectivity index (χ1v) is 4.63. The fourth-order valence-corrected chi connectivity index (χ4v) is 1.40. The Labute approximate surface area is 88.8 Å². The van der Waals surface area contributed by atoms with Crippen LogP contribution >= 0.6 is 0 Å². The Morgan fingerprint density at radius 3 is 1.73 bits per heavy atom. The number of benzene rings is 2. The van der Waals surface area contributed by atoms with E-state index in [4.69, 9.17) is 12.3 Å². The van der Waals surface area contributed by atoms with Gasteiger partial charge in [0, 0.05) is 5.69 Å². The molecule has 2 heteroatoms. The van der Waals surface area contributed by atoms with Crippen LogP contribution < -0.4 is 5.73 Å². The summed E-state index contributed by atoms with van der Waals surface area (Å²) in [5, 5.41) is 0. The molecule has 0 bridgehead atoms. The van der Waals surface area contributed by atoms with Crippen molar-refractivity contribution in [1.29, 1.82) is 0 Å². The molecule has 15 heavy (non-hydrogen) atoms. The van der Waals surface area contributed by atoms with Gasteiger partial charge >= 0.3 is 0 Å². The van der Waals surface area contributed by atoms with Gasteiger partial charge in [0.2, 0.25) is 0 Å². The van der Waals surface area contributed by atoms with Crippen LogP contribution in [0.2, 0.25) is 0 Å². The van der Waals surface area contributed by atoms with Crippen LogP contribution in [0.25, 0.3) is 16.0 Å². The molecular weight excluding hydrogens is 184 g/mol. The van der Waals surface area contributed by atoms with Gasteiger partial charge in [0.05, 0.1) is 6.57 Å². The summed E-state index contributed by atoms with van der Waals surface area (Å²) in [6, 6.07) is 15.2. The first-order chi connectivity index (χ1) is 7.29. The maximum absolute atomic E-state index is 6.86. The lowest BCUT2D eigenvalue weighted by Gasteiger charge is -2.01. The second-order valence-corrected chi connectivity index (χ2v) is 3.28. The zero-order chi connectivity index (χ0) is 10.7. The van der Waals surface area contributed by atoms with Crippen LogP contribution in [0.15, 0.2) is 48.5 Å². The normalized spacial score (nSPS) is 9.53. The number of nitrogens with zero attached hydrogens (tertiary/aromatic N) is 1. The molecule has 2 aromatic carbocycles. The van der Waals surface area contributed by atoms with Gasteiger partial charge in [0.15, 0.2) is 5.69 Å². The largest absolute Gasteiger partial charge is 0.399 e. The van der Waals surface area contributed by atoms with Crippen LogP contribution in [0.1, 0.15) is 0 Å². The van der Waals surface area contributed by atoms with Crippen LogP contribution in [0.5, 0.6) is 0 Å². The van der Waals surface area contributed by atoms with E-state index in [2.05, 4.69) is 4.85 Å². The number of hydrogen-bond acceptors (Lipinski definition) is 1. The SMILES string of the molecule is [C-]#[N+]c1ccc(-c2ccc(N)cc2)cc1. The molecule has 0 spiro atoms. The van der Waals surface area contributed by atoms with Crippen LogP contribution in [0, 0.1) is 6.57 Å². The molecule has 2 N–H and O–H groups in total. The van der Waals surface area contributed by atoms with Crippen molar-refractivity contribution in [3.63, 3.8) is 0 Å². The molecule has 0 aliphatic heterocycles. The Bertz CT molecular complexity index is 490. The maximum Gasteiger partial charge on any atom is 0.187 e. The van der Waals surface area contributed by atoms with Gasteiger partial charge in [-0.05, 0) is 23.3 Å². The molecule has 2 rings (SSSR count). The summed E-state index contributed by atoms with van der Waals surface area (Å²) < 4.78 is 0. The standard InChI is InChI=1S/C13H10N2/c1-15-13-8-4-11(5-9-13)10-2-6-12(14)7-3-10/h2-9H,14H2. The summed E-state index contributed by atoms with van der Waals surface area (Å²) in [6.45, 7) is 6.86. The minimum atomic E-state index is 0.661. The van der Waals surface area contributed by atoms with E-state index in [-0.39, 0.29) is 0 Å². The molecule has 0 unspecified atom stereocenters. The third kappa shape index (κ3) is 1.97. The molecule has 0 atom stereocenters. The second kappa shape index (κ2) is 3.85. The Morgan fingerprint density at radius 1 is 0.800 bits per heavy atom. The van der Waals surface area contributed by atoms with Crippen molar-refractivity contribution in [3.05, 3.63) is 59.9 Å². The first-order valence-electron chi connectivity index (χ1n) is 4.63. The summed E-state index contributed by atoms with van der Waals surface area (Å²) in [5.74, 6) is 0. The smallest absolute Gasteiger partial charge is 0.187 e. The highest BCUT2D eigenvalue weighted by atomic mass is 14.6. The number of rotatable bonds is 1. The molecule has 0 saturated heterocycles. The molecule has 0 aliphatic rings. The molecule has 0 fully saturated rings. The van der Waals surface area contributed by atoms with Gasteiger partial charge in [0.25, 0.3) is 0 Å². The average Bonchev–Trinajstić information content (AvgIpc) is 2.30. The van der Waals surface area contributed by atoms with Crippen molar-refractivity contribution in [2.45, 2.75) is 0 Å². The third-order valence-electron chi connectivity index (χ3n) is 2.24. The van der Waals surface area contributed by atoms with Gasteiger partial charge in [-0.1, -0.05) is 36.4 Å². The zero-order valence-corrected chi connectivity index (χ0v) is 8.14. The highest BCUT2D eigenvalue weighted by Gasteiger charge is 1.97. The highest BCUT2D eigenvalue weighted by Crippen LogP contribution is 2.23. The fourth-order valence-electron chi connectivity index (χ4n) is 1.40. The van der Waals surface area contributed by atoms with E-state index in [1.807, 2.05) is 48.5 Å². The van der Waals surface area contributed by atoms with E-state index in [1.165, 1.54) is 0 Å². The van der Waals surface area contributed by atoms with Crippen molar-refractivity contribution >= 4 is 11.4 Å². The van der Waals surface area contributed by atoms with E-state index >= 15 is 0 Å². The van der Waals surface area contributed by atoms with Gasteiger partial charge in [0.1, 0.15) is 0 Å². The average molecular weight is 194 g/mol. The van der Waals surface area contributed by atoms with Crippen LogP contribution in [0.4, 0.5) is 11.4 Å². The van der Waals surface area contributed by atoms with Gasteiger partial charge in [-0.2, -0.15) is 0 Å². The van der Waals surface area contributed by atoms with Crippen LogP contribution in [-0.2, 0) is 0 Å². The minimum Gasteiger partial charge on any atom is -0.399 e. The molecule has 0 aromatic heterocycles. The number of nitrogen functional groups attached to an aromatic ring is 1. The zero-order valence-electron chi connectivity index (χ0n) is 8.14. The third-order valence-corrected chi connectivity index (χ3v) is 2.24. The predicted octanol–water partition coefficient (Wildman–Crippen LogP) is 3.49. The molecule has 0 aliphatic carbocycles. The molecule has 2 nitrogen and oxygen atoms in total. The van der Waals surface area contributed by atoms with Crippen molar-refractivity contribution in [2.24, 2.45) is 0 Å². The van der Waals surface area contributed by atoms with Crippen LogP contribution in [-0.4, -0.2) is 0 Å². The summed E-state index contributed by atoms with van der Waals surface area (Å²) >= 11 is 0. The topological polar surface area (TPSA) is 30.4 Å². The van der Waals surface area contributed by atoms with Gasteiger partial charge in [-0.15, -0.1) is 0 Å². The Morgan fingerprint density at radius 2 is 1.27 bits per heavy atom. The number of hydrogen-bond donors (Lipinski definition) is 1. The second-order valence-electron chi connectivity index (χ2n) is 3.28. The van der Waals surface area contributed by atoms with Gasteiger partial charge in [-0.25, -0.2) is 4.85 Å². The van der Waals surface area contributed by atoms with E-state index in [9.17, 15) is 0 Å². The fraction of sp³-hybridized carbons (Fsp3) is 0. The first kappa shape index (κ1) is 9.29.